The number of thiazole rings is 1. The van der Waals surface area contributed by atoms with Crippen LogP contribution in [0.25, 0.3) is 10.6 Å². The van der Waals surface area contributed by atoms with Gasteiger partial charge in [-0.15, -0.1) is 11.3 Å². The summed E-state index contributed by atoms with van der Waals surface area (Å²) in [6, 6.07) is 16.6. The number of ether oxygens (including phenoxy) is 1. The molecule has 0 aliphatic carbocycles. The highest BCUT2D eigenvalue weighted by Crippen LogP contribution is 2.34. The van der Waals surface area contributed by atoms with E-state index in [0.717, 1.165) is 34.8 Å². The first-order valence-electron chi connectivity index (χ1n) is 11.0. The molecule has 1 aliphatic rings. The van der Waals surface area contributed by atoms with Crippen molar-refractivity contribution < 1.29 is 14.6 Å². The molecule has 0 bridgehead atoms. The molecule has 2 aromatic carbocycles. The lowest BCUT2D eigenvalue weighted by Crippen LogP contribution is -2.55. The quantitative estimate of drug-likeness (QED) is 0.539. The van der Waals surface area contributed by atoms with Crippen molar-refractivity contribution >= 4 is 17.3 Å². The van der Waals surface area contributed by atoms with Crippen molar-refractivity contribution in [3.05, 3.63) is 70.7 Å². The standard InChI is InChI=1S/C25H29N3O3S/c1-4-31-25(30)22-15-32-24(27-22)19-10-8-18(9-11-19)23(20-6-5-7-21(29)12-20)28-14-16(2)26-13-17(28)3/h5-12,15-17,23,26,29H,4,13-14H2,1-3H3/t16-,17-,23+/m0/s1. The number of hydrogen-bond acceptors (Lipinski definition) is 7. The van der Waals surface area contributed by atoms with Crippen LogP contribution in [0.1, 0.15) is 48.4 Å². The predicted octanol–water partition coefficient (Wildman–Crippen LogP) is 4.46. The van der Waals surface area contributed by atoms with Crippen molar-refractivity contribution in [1.82, 2.24) is 15.2 Å². The Labute approximate surface area is 192 Å². The van der Waals surface area contributed by atoms with Gasteiger partial charge in [-0.3, -0.25) is 4.90 Å². The third kappa shape index (κ3) is 4.85. The molecule has 0 spiro atoms. The Hall–Kier alpha value is -2.74. The van der Waals surface area contributed by atoms with E-state index in [9.17, 15) is 9.90 Å². The van der Waals surface area contributed by atoms with Crippen LogP contribution in [0, 0.1) is 0 Å². The van der Waals surface area contributed by atoms with Crippen LogP contribution in [-0.2, 0) is 4.74 Å². The number of carbonyl (C=O) groups is 1. The van der Waals surface area contributed by atoms with E-state index < -0.39 is 5.97 Å². The number of esters is 1. The third-order valence-corrected chi connectivity index (χ3v) is 6.68. The number of carbonyl (C=O) groups excluding carboxylic acids is 1. The van der Waals surface area contributed by atoms with Crippen molar-refractivity contribution in [3.8, 4) is 16.3 Å². The Bertz CT molecular complexity index is 1070. The molecule has 1 saturated heterocycles. The maximum absolute atomic E-state index is 11.9. The van der Waals surface area contributed by atoms with Crippen LogP contribution >= 0.6 is 11.3 Å². The molecule has 1 fully saturated rings. The summed E-state index contributed by atoms with van der Waals surface area (Å²) in [7, 11) is 0. The lowest BCUT2D eigenvalue weighted by molar-refractivity contribution is 0.0520. The van der Waals surface area contributed by atoms with Gasteiger partial charge in [-0.2, -0.15) is 0 Å². The van der Waals surface area contributed by atoms with Crippen molar-refractivity contribution in [3.63, 3.8) is 0 Å². The second-order valence-corrected chi connectivity index (χ2v) is 9.09. The molecule has 7 heteroatoms. The lowest BCUT2D eigenvalue weighted by atomic mass is 9.93. The summed E-state index contributed by atoms with van der Waals surface area (Å²) in [5.74, 6) is -0.119. The first kappa shape index (κ1) is 22.5. The van der Waals surface area contributed by atoms with Gasteiger partial charge in [0.25, 0.3) is 0 Å². The van der Waals surface area contributed by atoms with Gasteiger partial charge in [0.15, 0.2) is 5.69 Å². The number of rotatable bonds is 6. The Morgan fingerprint density at radius 1 is 1.25 bits per heavy atom. The summed E-state index contributed by atoms with van der Waals surface area (Å²) in [4.78, 5) is 18.9. The average Bonchev–Trinajstić information content (AvgIpc) is 3.28. The monoisotopic (exact) mass is 451 g/mol. The minimum absolute atomic E-state index is 0.0297. The van der Waals surface area contributed by atoms with Gasteiger partial charge in [-0.25, -0.2) is 9.78 Å². The molecule has 0 amide bonds. The van der Waals surface area contributed by atoms with Gasteiger partial charge in [0.05, 0.1) is 12.6 Å². The molecule has 4 rings (SSSR count). The zero-order chi connectivity index (χ0) is 22.7. The van der Waals surface area contributed by atoms with Crippen LogP contribution in [-0.4, -0.2) is 52.7 Å². The van der Waals surface area contributed by atoms with E-state index in [-0.39, 0.29) is 11.8 Å². The van der Waals surface area contributed by atoms with Crippen molar-refractivity contribution in [2.45, 2.75) is 38.9 Å². The van der Waals surface area contributed by atoms with E-state index >= 15 is 0 Å². The minimum Gasteiger partial charge on any atom is -0.508 e. The third-order valence-electron chi connectivity index (χ3n) is 5.79. The van der Waals surface area contributed by atoms with Crippen LogP contribution in [0.3, 0.4) is 0 Å². The summed E-state index contributed by atoms with van der Waals surface area (Å²) < 4.78 is 5.05. The van der Waals surface area contributed by atoms with E-state index in [1.54, 1.807) is 18.4 Å². The largest absolute Gasteiger partial charge is 0.508 e. The van der Waals surface area contributed by atoms with Crippen molar-refractivity contribution in [1.29, 1.82) is 0 Å². The molecule has 0 radical (unpaired) electrons. The van der Waals surface area contributed by atoms with E-state index in [4.69, 9.17) is 4.74 Å². The summed E-state index contributed by atoms with van der Waals surface area (Å²) in [5, 5.41) is 16.2. The Kier molecular flexibility index (Phi) is 6.89. The van der Waals surface area contributed by atoms with Gasteiger partial charge in [0.2, 0.25) is 0 Å². The molecule has 2 heterocycles. The molecule has 3 aromatic rings. The molecular formula is C25H29N3O3S. The minimum atomic E-state index is -0.391. The molecule has 6 nitrogen and oxygen atoms in total. The number of nitrogens with zero attached hydrogens (tertiary/aromatic N) is 2. The summed E-state index contributed by atoms with van der Waals surface area (Å²) in [5.41, 5.74) is 3.53. The maximum Gasteiger partial charge on any atom is 0.357 e. The lowest BCUT2D eigenvalue weighted by Gasteiger charge is -2.43. The fraction of sp³-hybridized carbons (Fsp3) is 0.360. The zero-order valence-electron chi connectivity index (χ0n) is 18.6. The molecule has 168 valence electrons. The number of aromatic hydroxyl groups is 1. The number of hydrogen-bond donors (Lipinski definition) is 2. The molecule has 0 unspecified atom stereocenters. The van der Waals surface area contributed by atoms with Gasteiger partial charge < -0.3 is 15.2 Å². The van der Waals surface area contributed by atoms with E-state index in [0.29, 0.717) is 24.4 Å². The highest BCUT2D eigenvalue weighted by molar-refractivity contribution is 7.13. The van der Waals surface area contributed by atoms with Crippen LogP contribution in [0.15, 0.2) is 53.9 Å². The topological polar surface area (TPSA) is 74.7 Å². The maximum atomic E-state index is 11.9. The first-order chi connectivity index (χ1) is 15.5. The number of aromatic nitrogens is 1. The second-order valence-electron chi connectivity index (χ2n) is 8.23. The average molecular weight is 452 g/mol. The Morgan fingerprint density at radius 3 is 2.75 bits per heavy atom. The van der Waals surface area contributed by atoms with E-state index in [1.165, 1.54) is 11.3 Å². The van der Waals surface area contributed by atoms with E-state index in [2.05, 4.69) is 59.4 Å². The Balaban J connectivity index is 1.66. The fourth-order valence-electron chi connectivity index (χ4n) is 4.19. The van der Waals surface area contributed by atoms with Gasteiger partial charge in [-0.1, -0.05) is 36.4 Å². The SMILES string of the molecule is CCOC(=O)c1csc(-c2ccc([C@H](c3cccc(O)c3)N3C[C@H](C)NC[C@@H]3C)cc2)n1. The van der Waals surface area contributed by atoms with Crippen molar-refractivity contribution in [2.75, 3.05) is 19.7 Å². The normalized spacial score (nSPS) is 20.1. The number of benzene rings is 2. The van der Waals surface area contributed by atoms with Gasteiger partial charge in [0.1, 0.15) is 10.8 Å². The van der Waals surface area contributed by atoms with Gasteiger partial charge in [-0.05, 0) is 44.0 Å². The first-order valence-corrected chi connectivity index (χ1v) is 11.8. The molecule has 32 heavy (non-hydrogen) atoms. The van der Waals surface area contributed by atoms with Crippen LogP contribution in [0.2, 0.25) is 0 Å². The van der Waals surface area contributed by atoms with Crippen LogP contribution in [0.4, 0.5) is 0 Å². The van der Waals surface area contributed by atoms with Crippen LogP contribution in [0.5, 0.6) is 5.75 Å². The molecule has 1 aromatic heterocycles. The zero-order valence-corrected chi connectivity index (χ0v) is 19.4. The fourth-order valence-corrected chi connectivity index (χ4v) is 4.99. The molecular weight excluding hydrogens is 422 g/mol. The predicted molar refractivity (Wildman–Crippen MR) is 127 cm³/mol. The van der Waals surface area contributed by atoms with Crippen LogP contribution < -0.4 is 5.32 Å². The molecule has 0 saturated carbocycles. The molecule has 2 N–H and O–H groups in total. The highest BCUT2D eigenvalue weighted by atomic mass is 32.1. The van der Waals surface area contributed by atoms with Crippen molar-refractivity contribution in [2.24, 2.45) is 0 Å². The molecule has 1 aliphatic heterocycles. The van der Waals surface area contributed by atoms with Gasteiger partial charge in [0, 0.05) is 36.1 Å². The summed E-state index contributed by atoms with van der Waals surface area (Å²) >= 11 is 1.43. The Morgan fingerprint density at radius 2 is 2.03 bits per heavy atom. The summed E-state index contributed by atoms with van der Waals surface area (Å²) in [6.45, 7) is 8.39. The number of nitrogens with one attached hydrogen (secondary N) is 1. The second kappa shape index (κ2) is 9.81. The van der Waals surface area contributed by atoms with Gasteiger partial charge >= 0.3 is 5.97 Å². The highest BCUT2D eigenvalue weighted by Gasteiger charge is 2.31. The number of phenols is 1. The smallest absolute Gasteiger partial charge is 0.357 e. The van der Waals surface area contributed by atoms with E-state index in [1.807, 2.05) is 12.1 Å². The number of phenolic OH excluding ortho intramolecular Hbond substituents is 1. The molecule has 3 atom stereocenters. The number of piperazine rings is 1. The summed E-state index contributed by atoms with van der Waals surface area (Å²) in [6.07, 6.45) is 0.